The molecule has 2 rings (SSSR count). The second-order valence-electron chi connectivity index (χ2n) is 3.54. The molecule has 0 saturated carbocycles. The fourth-order valence-corrected chi connectivity index (χ4v) is 2.59. The van der Waals surface area contributed by atoms with E-state index >= 15 is 0 Å². The molecular weight excluding hydrogens is 280 g/mol. The van der Waals surface area contributed by atoms with Gasteiger partial charge in [-0.3, -0.25) is 0 Å². The molecule has 96 valence electrons. The van der Waals surface area contributed by atoms with Crippen molar-refractivity contribution in [3.8, 4) is 11.5 Å². The summed E-state index contributed by atoms with van der Waals surface area (Å²) in [6.07, 6.45) is 0. The van der Waals surface area contributed by atoms with E-state index < -0.39 is 32.9 Å². The predicted octanol–water partition coefficient (Wildman–Crippen LogP) is 0.192. The summed E-state index contributed by atoms with van der Waals surface area (Å²) in [5.74, 6) is -0.894. The SMILES string of the molecule is O=[SH](=O)c1cc2cc([SH](=O)=O)c(O)cc2cc1O. The van der Waals surface area contributed by atoms with E-state index in [1.165, 1.54) is 0 Å². The largest absolute Gasteiger partial charge is 0.507 e. The minimum absolute atomic E-state index is 0.296. The Hall–Kier alpha value is -1.80. The first-order valence-electron chi connectivity index (χ1n) is 4.68. The number of phenolic OH excluding ortho intramolecular Hbond substituents is 2. The van der Waals surface area contributed by atoms with Crippen molar-refractivity contribution in [2.75, 3.05) is 0 Å². The van der Waals surface area contributed by atoms with E-state index in [-0.39, 0.29) is 9.79 Å². The van der Waals surface area contributed by atoms with Crippen LogP contribution in [0.2, 0.25) is 0 Å². The number of hydrogen-bond donors (Lipinski definition) is 4. The van der Waals surface area contributed by atoms with Crippen LogP contribution >= 0.6 is 0 Å². The minimum Gasteiger partial charge on any atom is -0.507 e. The molecule has 0 aliphatic heterocycles. The van der Waals surface area contributed by atoms with E-state index in [4.69, 9.17) is 0 Å². The molecule has 0 heterocycles. The minimum atomic E-state index is -2.99. The third kappa shape index (κ3) is 2.12. The molecule has 0 aromatic heterocycles. The van der Waals surface area contributed by atoms with Gasteiger partial charge in [-0.05, 0) is 35.0 Å². The maximum atomic E-state index is 10.9. The molecule has 2 aromatic carbocycles. The first-order valence-corrected chi connectivity index (χ1v) is 7.04. The summed E-state index contributed by atoms with van der Waals surface area (Å²) in [5, 5.41) is 19.6. The van der Waals surface area contributed by atoms with Crippen LogP contribution in [0.25, 0.3) is 10.8 Å². The van der Waals surface area contributed by atoms with Crippen molar-refractivity contribution in [2.24, 2.45) is 0 Å². The zero-order valence-corrected chi connectivity index (χ0v) is 10.5. The molecule has 0 radical (unpaired) electrons. The number of fused-ring (bicyclic) bond motifs is 1. The fraction of sp³-hybridized carbons (Fsp3) is 0. The van der Waals surface area contributed by atoms with Crippen molar-refractivity contribution in [1.82, 2.24) is 0 Å². The Balaban J connectivity index is 2.87. The van der Waals surface area contributed by atoms with Gasteiger partial charge in [0.15, 0.2) is 21.4 Å². The number of aromatic hydroxyl groups is 2. The molecule has 6 nitrogen and oxygen atoms in total. The first-order chi connectivity index (χ1) is 8.40. The molecule has 0 saturated heterocycles. The third-order valence-electron chi connectivity index (χ3n) is 2.42. The van der Waals surface area contributed by atoms with Crippen molar-refractivity contribution >= 4 is 32.2 Å². The maximum absolute atomic E-state index is 10.9. The highest BCUT2D eigenvalue weighted by Gasteiger charge is 2.10. The van der Waals surface area contributed by atoms with Gasteiger partial charge in [0.1, 0.15) is 21.3 Å². The lowest BCUT2D eigenvalue weighted by molar-refractivity contribution is 0.459. The monoisotopic (exact) mass is 288 g/mol. The van der Waals surface area contributed by atoms with E-state index in [1.807, 2.05) is 0 Å². The summed E-state index contributed by atoms with van der Waals surface area (Å²) < 4.78 is 43.4. The van der Waals surface area contributed by atoms with Gasteiger partial charge in [-0.25, -0.2) is 16.8 Å². The lowest BCUT2D eigenvalue weighted by Crippen LogP contribution is -1.86. The van der Waals surface area contributed by atoms with Crippen LogP contribution in [0.4, 0.5) is 0 Å². The van der Waals surface area contributed by atoms with Crippen LogP contribution in [-0.2, 0) is 21.4 Å². The number of hydrogen-bond acceptors (Lipinski definition) is 6. The fourth-order valence-electron chi connectivity index (χ4n) is 1.59. The zero-order chi connectivity index (χ0) is 13.4. The molecule has 18 heavy (non-hydrogen) atoms. The predicted molar refractivity (Wildman–Crippen MR) is 64.4 cm³/mol. The molecule has 2 N–H and O–H groups in total. The standard InChI is InChI=1S/C10H8O6S2/c11-7-1-5-2-8(12)10(18(15)16)4-6(5)3-9(7)17(13)14/h1-4,11-12,17-18H. The number of thiol groups is 2. The van der Waals surface area contributed by atoms with Crippen molar-refractivity contribution < 1.29 is 27.0 Å². The average Bonchev–Trinajstić information content (AvgIpc) is 2.26. The van der Waals surface area contributed by atoms with Crippen LogP contribution in [0.15, 0.2) is 34.1 Å². The summed E-state index contributed by atoms with van der Waals surface area (Å²) in [4.78, 5) is -0.592. The van der Waals surface area contributed by atoms with E-state index in [0.29, 0.717) is 10.8 Å². The van der Waals surface area contributed by atoms with Crippen LogP contribution in [0, 0.1) is 0 Å². The Morgan fingerprint density at radius 3 is 1.33 bits per heavy atom. The summed E-state index contributed by atoms with van der Waals surface area (Å²) in [5.41, 5.74) is 0. The summed E-state index contributed by atoms with van der Waals surface area (Å²) in [6.45, 7) is 0. The van der Waals surface area contributed by atoms with Gasteiger partial charge in [0.2, 0.25) is 0 Å². The molecule has 0 bridgehead atoms. The Kier molecular flexibility index (Phi) is 3.14. The molecule has 8 heteroatoms. The van der Waals surface area contributed by atoms with Gasteiger partial charge in [0.05, 0.1) is 0 Å². The van der Waals surface area contributed by atoms with Gasteiger partial charge >= 0.3 is 0 Å². The van der Waals surface area contributed by atoms with Gasteiger partial charge in [0.25, 0.3) is 0 Å². The highest BCUT2D eigenvalue weighted by molar-refractivity contribution is 7.72. The zero-order valence-electron chi connectivity index (χ0n) is 8.73. The number of benzene rings is 2. The van der Waals surface area contributed by atoms with Gasteiger partial charge in [-0.1, -0.05) is 0 Å². The number of phenols is 2. The lowest BCUT2D eigenvalue weighted by atomic mass is 10.1. The van der Waals surface area contributed by atoms with Gasteiger partial charge in [0, 0.05) is 0 Å². The number of rotatable bonds is 2. The summed E-state index contributed by atoms with van der Waals surface area (Å²) in [6, 6.07) is 4.60. The Morgan fingerprint density at radius 1 is 0.667 bits per heavy atom. The Bertz CT molecular complexity index is 710. The normalized spacial score (nSPS) is 11.4. The quantitative estimate of drug-likeness (QED) is 0.588. The van der Waals surface area contributed by atoms with Crippen molar-refractivity contribution in [1.29, 1.82) is 0 Å². The van der Waals surface area contributed by atoms with E-state index in [0.717, 1.165) is 24.3 Å². The second kappa shape index (κ2) is 4.46. The molecule has 2 aromatic rings. The van der Waals surface area contributed by atoms with Gasteiger partial charge in [-0.2, -0.15) is 0 Å². The van der Waals surface area contributed by atoms with Crippen LogP contribution < -0.4 is 0 Å². The highest BCUT2D eigenvalue weighted by atomic mass is 32.2. The molecule has 0 unspecified atom stereocenters. The summed E-state index contributed by atoms with van der Waals surface area (Å²) >= 11 is 0. The van der Waals surface area contributed by atoms with Crippen molar-refractivity contribution in [3.63, 3.8) is 0 Å². The van der Waals surface area contributed by atoms with E-state index in [2.05, 4.69) is 0 Å². The van der Waals surface area contributed by atoms with Gasteiger partial charge < -0.3 is 10.2 Å². The molecule has 0 aliphatic carbocycles. The van der Waals surface area contributed by atoms with E-state index in [9.17, 15) is 27.0 Å². The lowest BCUT2D eigenvalue weighted by Gasteiger charge is -2.04. The third-order valence-corrected chi connectivity index (χ3v) is 3.92. The summed E-state index contributed by atoms with van der Waals surface area (Å²) in [7, 11) is -5.97. The smallest absolute Gasteiger partial charge is 0.171 e. The first kappa shape index (κ1) is 12.7. The van der Waals surface area contributed by atoms with Gasteiger partial charge in [-0.15, -0.1) is 0 Å². The van der Waals surface area contributed by atoms with E-state index in [1.54, 1.807) is 0 Å². The van der Waals surface area contributed by atoms with Crippen molar-refractivity contribution in [3.05, 3.63) is 24.3 Å². The van der Waals surface area contributed by atoms with Crippen LogP contribution in [-0.4, -0.2) is 27.0 Å². The van der Waals surface area contributed by atoms with Crippen LogP contribution in [0.3, 0.4) is 0 Å². The topological polar surface area (TPSA) is 109 Å². The molecule has 0 aliphatic rings. The van der Waals surface area contributed by atoms with Crippen molar-refractivity contribution in [2.45, 2.75) is 9.79 Å². The molecule has 0 atom stereocenters. The average molecular weight is 288 g/mol. The molecule has 0 amide bonds. The highest BCUT2D eigenvalue weighted by Crippen LogP contribution is 2.31. The molecular formula is C10H8O6S2. The van der Waals surface area contributed by atoms with Crippen LogP contribution in [0.5, 0.6) is 11.5 Å². The Labute approximate surface area is 105 Å². The second-order valence-corrected chi connectivity index (χ2v) is 5.54. The molecule has 0 spiro atoms. The Morgan fingerprint density at radius 2 is 1.00 bits per heavy atom. The van der Waals surface area contributed by atoms with Crippen LogP contribution in [0.1, 0.15) is 0 Å². The molecule has 0 fully saturated rings. The maximum Gasteiger partial charge on any atom is 0.171 e.